The number of aliphatic hydroxyl groups is 2. The molecule has 0 spiro atoms. The number of nitrogens with one attached hydrogen (secondary N) is 2. The van der Waals surface area contributed by atoms with Crippen molar-refractivity contribution in [2.24, 2.45) is 39.0 Å². The van der Waals surface area contributed by atoms with E-state index in [0.29, 0.717) is 30.3 Å². The molecule has 20 heteroatoms. The van der Waals surface area contributed by atoms with Gasteiger partial charge < -0.3 is 46.5 Å². The number of aliphatic hydroxyl groups excluding tert-OH is 2. The summed E-state index contributed by atoms with van der Waals surface area (Å²) < 4.78 is 65.5. The standard InChI is InChI=1S/C29H40O4.C19H24N4O2.2C2H6O4S/c1-17-18-7-8-21-27(4,19(18)15-20(30)23(17)31)12-14-29(6)22-16-26(3,24(32)33)10-9-25(22,2)11-13-28(21,29)5;20-18(21)14-4-8-16(9-5-14)24-12-2-1-3-13-25-17-10-6-15(7-11-17)19(22)23;2*3-1-2-7(4,5)6/h8,15,22,30-31H,7,9-14,16H2,1-6H3,(H,32,33);4-11H,1-3,12-13H2,(H3,20,21)(H3,22,23);2*3H,1-2H2,(H,4,5,6). The molecule has 3 aromatic carbocycles. The zero-order valence-electron chi connectivity index (χ0n) is 42.3. The fourth-order valence-electron chi connectivity index (χ4n) is 11.3. The minimum atomic E-state index is -3.92. The molecule has 13 N–H and O–H groups in total. The van der Waals surface area contributed by atoms with Crippen LogP contribution in [0.3, 0.4) is 0 Å². The van der Waals surface area contributed by atoms with Gasteiger partial charge >= 0.3 is 5.97 Å². The number of allylic oxidation sites excluding steroid dienone is 2. The quantitative estimate of drug-likeness (QED) is 0.0178. The molecule has 18 nitrogen and oxygen atoms in total. The predicted molar refractivity (Wildman–Crippen MR) is 276 cm³/mol. The Kier molecular flexibility index (Phi) is 19.6. The van der Waals surface area contributed by atoms with Crippen LogP contribution >= 0.6 is 0 Å². The largest absolute Gasteiger partial charge is 0.504 e. The highest BCUT2D eigenvalue weighted by Crippen LogP contribution is 2.74. The molecule has 0 heterocycles. The number of rotatable bonds is 15. The van der Waals surface area contributed by atoms with E-state index in [1.165, 1.54) is 11.1 Å². The van der Waals surface area contributed by atoms with Crippen molar-refractivity contribution in [1.82, 2.24) is 0 Å². The van der Waals surface area contributed by atoms with Crippen molar-refractivity contribution in [3.8, 4) is 23.0 Å². The van der Waals surface area contributed by atoms with E-state index in [1.54, 1.807) is 24.3 Å². The molecule has 0 aromatic heterocycles. The number of phenolic OH excluding ortho intramolecular Hbond substituents is 2. The lowest BCUT2D eigenvalue weighted by molar-refractivity contribution is -0.177. The molecule has 3 aromatic rings. The Bertz CT molecular complexity index is 2570. The van der Waals surface area contributed by atoms with Crippen LogP contribution in [-0.4, -0.2) is 107 Å². The number of ether oxygens (including phenoxy) is 2. The second-order valence-corrected chi connectivity index (χ2v) is 23.9. The summed E-state index contributed by atoms with van der Waals surface area (Å²) in [6, 6.07) is 16.2. The molecular formula is C52H76N4O14S2. The molecule has 0 aliphatic heterocycles. The first-order chi connectivity index (χ1) is 33.4. The Balaban J connectivity index is 0.000000253. The van der Waals surface area contributed by atoms with Crippen LogP contribution in [0.2, 0.25) is 0 Å². The van der Waals surface area contributed by atoms with E-state index in [0.717, 1.165) is 93.3 Å². The number of hydrogen-bond acceptors (Lipinski definition) is 13. The lowest BCUT2D eigenvalue weighted by Crippen LogP contribution is -2.62. The van der Waals surface area contributed by atoms with Crippen LogP contribution in [0.5, 0.6) is 23.0 Å². The van der Waals surface area contributed by atoms with Gasteiger partial charge in [0, 0.05) is 16.5 Å². The second-order valence-electron chi connectivity index (χ2n) is 20.7. The predicted octanol–water partition coefficient (Wildman–Crippen LogP) is 7.26. The average Bonchev–Trinajstić information content (AvgIpc) is 3.30. The highest BCUT2D eigenvalue weighted by Gasteiger charge is 2.67. The number of aromatic hydroxyl groups is 2. The summed E-state index contributed by atoms with van der Waals surface area (Å²) in [6.45, 7) is 13.8. The summed E-state index contributed by atoms with van der Waals surface area (Å²) in [5.74, 6) is 0.249. The highest BCUT2D eigenvalue weighted by atomic mass is 32.2. The van der Waals surface area contributed by atoms with Crippen molar-refractivity contribution in [2.45, 2.75) is 118 Å². The molecule has 6 unspecified atom stereocenters. The van der Waals surface area contributed by atoms with Crippen molar-refractivity contribution < 1.29 is 65.7 Å². The maximum Gasteiger partial charge on any atom is 0.309 e. The Hall–Kier alpha value is -5.25. The molecular weight excluding hydrogens is 969 g/mol. The van der Waals surface area contributed by atoms with E-state index in [9.17, 15) is 36.9 Å². The van der Waals surface area contributed by atoms with Crippen LogP contribution in [0.25, 0.3) is 0 Å². The number of benzene rings is 3. The summed E-state index contributed by atoms with van der Waals surface area (Å²) in [7, 11) is -7.85. The molecule has 0 bridgehead atoms. The highest BCUT2D eigenvalue weighted by molar-refractivity contribution is 7.86. The molecule has 400 valence electrons. The van der Waals surface area contributed by atoms with Gasteiger partial charge in [0.2, 0.25) is 0 Å². The van der Waals surface area contributed by atoms with Gasteiger partial charge in [0.1, 0.15) is 23.2 Å². The Morgan fingerprint density at radius 2 is 1.19 bits per heavy atom. The molecule has 72 heavy (non-hydrogen) atoms. The minimum absolute atomic E-state index is 0.00431. The van der Waals surface area contributed by atoms with Gasteiger partial charge in [-0.25, -0.2) is 0 Å². The third-order valence-corrected chi connectivity index (χ3v) is 17.3. The Labute approximate surface area is 424 Å². The van der Waals surface area contributed by atoms with Crippen LogP contribution in [0.15, 0.2) is 66.2 Å². The number of nitrogens with two attached hydrogens (primary N) is 2. The van der Waals surface area contributed by atoms with Crippen LogP contribution in [0.1, 0.15) is 127 Å². The molecule has 6 atom stereocenters. The topological polar surface area (TPSA) is 345 Å². The van der Waals surface area contributed by atoms with Crippen molar-refractivity contribution in [3.05, 3.63) is 94.1 Å². The number of carbonyl (C=O) groups is 1. The lowest BCUT2D eigenvalue weighted by atomic mass is 9.34. The molecule has 0 radical (unpaired) electrons. The SMILES string of the molecule is Cc1c(O)c(O)cc2c1CC=C1C2(C)CCC2(C)C3CC(C)(C(=O)O)CCC3(C)CCC12C.N=C(N)c1ccc(OCCCCCOc2ccc(C(=N)N)cc2)cc1.O=S(=O)(O)CCO.O=S(=O)(O)CCO. The molecule has 3 saturated carbocycles. The number of aliphatic carboxylic acids is 1. The third kappa shape index (κ3) is 14.1. The first-order valence-corrected chi connectivity index (χ1v) is 27.4. The van der Waals surface area contributed by atoms with Gasteiger partial charge in [-0.05, 0) is 178 Å². The number of phenols is 2. The van der Waals surface area contributed by atoms with Crippen LogP contribution < -0.4 is 20.9 Å². The first-order valence-electron chi connectivity index (χ1n) is 24.2. The number of hydrogen-bond donors (Lipinski definition) is 11. The summed E-state index contributed by atoms with van der Waals surface area (Å²) in [4.78, 5) is 12.3. The van der Waals surface area contributed by atoms with Gasteiger partial charge in [0.25, 0.3) is 20.2 Å². The summed E-state index contributed by atoms with van der Waals surface area (Å²) in [6.07, 6.45) is 12.9. The number of fused-ring (bicyclic) bond motifs is 7. The smallest absolute Gasteiger partial charge is 0.309 e. The Morgan fingerprint density at radius 1 is 0.722 bits per heavy atom. The van der Waals surface area contributed by atoms with Gasteiger partial charge in [0.15, 0.2) is 11.5 Å². The minimum Gasteiger partial charge on any atom is -0.504 e. The molecule has 3 fully saturated rings. The van der Waals surface area contributed by atoms with Crippen LogP contribution in [0.4, 0.5) is 0 Å². The maximum absolute atomic E-state index is 12.3. The van der Waals surface area contributed by atoms with Gasteiger partial charge in [-0.1, -0.05) is 39.3 Å². The van der Waals surface area contributed by atoms with E-state index in [1.807, 2.05) is 44.2 Å². The van der Waals surface area contributed by atoms with Crippen molar-refractivity contribution >= 4 is 37.9 Å². The molecule has 4 aliphatic rings. The van der Waals surface area contributed by atoms with E-state index in [2.05, 4.69) is 33.8 Å². The van der Waals surface area contributed by atoms with Gasteiger partial charge in [-0.2, -0.15) is 16.8 Å². The zero-order chi connectivity index (χ0) is 54.1. The van der Waals surface area contributed by atoms with E-state index in [-0.39, 0.29) is 44.8 Å². The maximum atomic E-state index is 12.3. The number of unbranched alkanes of at least 4 members (excludes halogenated alkanes) is 2. The zero-order valence-corrected chi connectivity index (χ0v) is 44.0. The first kappa shape index (κ1) is 59.3. The van der Waals surface area contributed by atoms with E-state index in [4.69, 9.17) is 51.1 Å². The van der Waals surface area contributed by atoms with Crippen molar-refractivity contribution in [1.29, 1.82) is 10.8 Å². The normalized spacial score (nSPS) is 26.0. The third-order valence-electron chi connectivity index (χ3n) is 15.9. The van der Waals surface area contributed by atoms with E-state index >= 15 is 0 Å². The average molecular weight is 1050 g/mol. The molecule has 0 saturated heterocycles. The Morgan fingerprint density at radius 3 is 1.61 bits per heavy atom. The number of carboxylic acid groups (broad SMARTS) is 1. The van der Waals surface area contributed by atoms with Gasteiger partial charge in [-0.3, -0.25) is 24.7 Å². The molecule has 4 aliphatic carbocycles. The number of nitrogen functional groups attached to an aromatic ring is 2. The monoisotopic (exact) mass is 1040 g/mol. The number of amidine groups is 2. The fourth-order valence-corrected chi connectivity index (χ4v) is 11.8. The van der Waals surface area contributed by atoms with Gasteiger partial charge in [0.05, 0.1) is 43.3 Å². The second kappa shape index (κ2) is 23.7. The van der Waals surface area contributed by atoms with E-state index < -0.39 is 56.3 Å². The fraction of sp³-hybridized carbons (Fsp3) is 0.558. The van der Waals surface area contributed by atoms with Crippen molar-refractivity contribution in [2.75, 3.05) is 37.9 Å². The number of carboxylic acids is 1. The summed E-state index contributed by atoms with van der Waals surface area (Å²) in [5.41, 5.74) is 16.2. The molecule has 7 rings (SSSR count). The summed E-state index contributed by atoms with van der Waals surface area (Å²) in [5, 5.41) is 61.3. The van der Waals surface area contributed by atoms with Crippen LogP contribution in [-0.2, 0) is 36.9 Å². The van der Waals surface area contributed by atoms with Crippen LogP contribution in [0, 0.1) is 45.3 Å². The lowest BCUT2D eigenvalue weighted by Gasteiger charge is -2.69. The molecule has 0 amide bonds. The summed E-state index contributed by atoms with van der Waals surface area (Å²) >= 11 is 0. The van der Waals surface area contributed by atoms with Gasteiger partial charge in [-0.15, -0.1) is 0 Å². The van der Waals surface area contributed by atoms with Crippen molar-refractivity contribution in [3.63, 3.8) is 0 Å².